The molecule has 3 aromatic rings. The van der Waals surface area contributed by atoms with E-state index in [0.29, 0.717) is 5.69 Å². The maximum atomic E-state index is 12.4. The molecule has 0 fully saturated rings. The molecule has 0 unspecified atom stereocenters. The topological polar surface area (TPSA) is 125 Å². The largest absolute Gasteiger partial charge is 0.507 e. The zero-order valence-corrected chi connectivity index (χ0v) is 20.3. The van der Waals surface area contributed by atoms with Gasteiger partial charge in [0, 0.05) is 30.2 Å². The summed E-state index contributed by atoms with van der Waals surface area (Å²) >= 11 is 1.04. The van der Waals surface area contributed by atoms with Gasteiger partial charge in [-0.1, -0.05) is 6.07 Å². The lowest BCUT2D eigenvalue weighted by Gasteiger charge is -2.21. The van der Waals surface area contributed by atoms with Gasteiger partial charge in [-0.2, -0.15) is 0 Å². The summed E-state index contributed by atoms with van der Waals surface area (Å²) in [6.07, 6.45) is 0. The van der Waals surface area contributed by atoms with Gasteiger partial charge in [-0.05, 0) is 67.8 Å². The molecule has 0 aliphatic heterocycles. The van der Waals surface area contributed by atoms with Crippen LogP contribution in [-0.2, 0) is 19.6 Å². The first kappa shape index (κ1) is 25.1. The van der Waals surface area contributed by atoms with E-state index in [4.69, 9.17) is 4.74 Å². The number of phenols is 1. The maximum absolute atomic E-state index is 12.4. The van der Waals surface area contributed by atoms with Crippen molar-refractivity contribution in [2.24, 2.45) is 0 Å². The molecule has 3 N–H and O–H groups in total. The molecular weight excluding hydrogens is 478 g/mol. The van der Waals surface area contributed by atoms with Gasteiger partial charge in [0.05, 0.1) is 0 Å². The second-order valence-electron chi connectivity index (χ2n) is 7.11. The number of hydrogen-bond donors (Lipinski definition) is 3. The van der Waals surface area contributed by atoms with Gasteiger partial charge in [-0.3, -0.25) is 9.52 Å². The smallest absolute Gasteiger partial charge is 0.342 e. The van der Waals surface area contributed by atoms with E-state index in [1.54, 1.807) is 23.6 Å². The van der Waals surface area contributed by atoms with Crippen LogP contribution in [-0.4, -0.2) is 45.1 Å². The molecule has 0 bridgehead atoms. The highest BCUT2D eigenvalue weighted by Gasteiger charge is 2.19. The van der Waals surface area contributed by atoms with Crippen molar-refractivity contribution in [3.63, 3.8) is 0 Å². The van der Waals surface area contributed by atoms with Gasteiger partial charge in [0.25, 0.3) is 15.9 Å². The number of hydrogen-bond acceptors (Lipinski definition) is 8. The third-order valence-electron chi connectivity index (χ3n) is 4.84. The highest BCUT2D eigenvalue weighted by Crippen LogP contribution is 2.26. The molecule has 1 aromatic heterocycles. The summed E-state index contributed by atoms with van der Waals surface area (Å²) in [5.74, 6) is -1.93. The minimum Gasteiger partial charge on any atom is -0.507 e. The molecule has 0 radical (unpaired) electrons. The standard InChI is InChI=1S/C23H25N3O6S2/c1-3-26(4-2)18-10-7-16(8-11-18)24-21(28)15-32-23(29)19-14-17(9-12-20(19)27)25-34(30,31)22-6-5-13-33-22/h5-14,25,27H,3-4,15H2,1-2H3,(H,24,28). The van der Waals surface area contributed by atoms with Crippen LogP contribution in [0.2, 0.25) is 0 Å². The van der Waals surface area contributed by atoms with E-state index in [9.17, 15) is 23.1 Å². The Labute approximate surface area is 202 Å². The van der Waals surface area contributed by atoms with E-state index in [1.165, 1.54) is 18.2 Å². The average Bonchev–Trinajstić information content (AvgIpc) is 3.37. The summed E-state index contributed by atoms with van der Waals surface area (Å²) < 4.78 is 32.2. The summed E-state index contributed by atoms with van der Waals surface area (Å²) in [5.41, 5.74) is 1.36. The molecule has 3 rings (SSSR count). The number of phenolic OH excluding ortho intramolecular Hbond substituents is 1. The number of ether oxygens (including phenoxy) is 1. The second-order valence-corrected chi connectivity index (χ2v) is 9.97. The Bertz CT molecular complexity index is 1240. The molecule has 0 spiro atoms. The highest BCUT2D eigenvalue weighted by molar-refractivity contribution is 7.94. The van der Waals surface area contributed by atoms with E-state index >= 15 is 0 Å². The van der Waals surface area contributed by atoms with Crippen LogP contribution in [0, 0.1) is 0 Å². The van der Waals surface area contributed by atoms with Crippen LogP contribution in [0.15, 0.2) is 64.2 Å². The first-order valence-corrected chi connectivity index (χ1v) is 12.8. The number of esters is 1. The number of nitrogens with zero attached hydrogens (tertiary/aromatic N) is 1. The molecule has 0 saturated heterocycles. The summed E-state index contributed by atoms with van der Waals surface area (Å²) in [7, 11) is -3.83. The monoisotopic (exact) mass is 503 g/mol. The van der Waals surface area contributed by atoms with E-state index in [1.807, 2.05) is 12.1 Å². The van der Waals surface area contributed by atoms with Crippen molar-refractivity contribution >= 4 is 50.3 Å². The van der Waals surface area contributed by atoms with Crippen molar-refractivity contribution in [2.75, 3.05) is 34.6 Å². The fourth-order valence-corrected chi connectivity index (χ4v) is 5.18. The number of thiophene rings is 1. The molecule has 34 heavy (non-hydrogen) atoms. The lowest BCUT2D eigenvalue weighted by Crippen LogP contribution is -2.22. The Morgan fingerprint density at radius 3 is 2.32 bits per heavy atom. The number of nitrogens with one attached hydrogen (secondary N) is 2. The number of benzene rings is 2. The molecule has 180 valence electrons. The number of carbonyl (C=O) groups is 2. The molecule has 0 aliphatic rings. The zero-order valence-electron chi connectivity index (χ0n) is 18.6. The van der Waals surface area contributed by atoms with E-state index in [-0.39, 0.29) is 15.5 Å². The van der Waals surface area contributed by atoms with Crippen LogP contribution in [0.25, 0.3) is 0 Å². The van der Waals surface area contributed by atoms with E-state index < -0.39 is 34.3 Å². The number of anilines is 3. The number of sulfonamides is 1. The number of amides is 1. The van der Waals surface area contributed by atoms with Crippen molar-refractivity contribution in [1.29, 1.82) is 0 Å². The molecule has 0 aliphatic carbocycles. The molecule has 1 amide bonds. The Morgan fingerprint density at radius 1 is 1.03 bits per heavy atom. The van der Waals surface area contributed by atoms with Gasteiger partial charge in [-0.25, -0.2) is 13.2 Å². The minimum atomic E-state index is -3.83. The van der Waals surface area contributed by atoms with Gasteiger partial charge < -0.3 is 20.1 Å². The normalized spacial score (nSPS) is 11.0. The van der Waals surface area contributed by atoms with Crippen molar-refractivity contribution in [3.8, 4) is 5.75 Å². The molecule has 9 nitrogen and oxygen atoms in total. The average molecular weight is 504 g/mol. The van der Waals surface area contributed by atoms with Crippen LogP contribution >= 0.6 is 11.3 Å². The lowest BCUT2D eigenvalue weighted by molar-refractivity contribution is -0.119. The Balaban J connectivity index is 1.60. The minimum absolute atomic E-state index is 0.0656. The van der Waals surface area contributed by atoms with Gasteiger partial charge in [0.15, 0.2) is 6.61 Å². The van der Waals surface area contributed by atoms with Gasteiger partial charge in [-0.15, -0.1) is 11.3 Å². The van der Waals surface area contributed by atoms with Crippen molar-refractivity contribution in [2.45, 2.75) is 18.1 Å². The van der Waals surface area contributed by atoms with Crippen LogP contribution in [0.5, 0.6) is 5.75 Å². The third-order valence-corrected chi connectivity index (χ3v) is 7.62. The van der Waals surface area contributed by atoms with Crippen LogP contribution in [0.1, 0.15) is 24.2 Å². The van der Waals surface area contributed by atoms with Crippen molar-refractivity contribution in [3.05, 3.63) is 65.5 Å². The predicted octanol–water partition coefficient (Wildman–Crippen LogP) is 3.90. The molecule has 2 aromatic carbocycles. The number of aromatic hydroxyl groups is 1. The second kappa shape index (κ2) is 11.0. The predicted molar refractivity (Wildman–Crippen MR) is 132 cm³/mol. The Morgan fingerprint density at radius 2 is 1.71 bits per heavy atom. The summed E-state index contributed by atoms with van der Waals surface area (Å²) in [5, 5.41) is 14.3. The third kappa shape index (κ3) is 6.27. The Hall–Kier alpha value is -3.57. The van der Waals surface area contributed by atoms with Crippen molar-refractivity contribution in [1.82, 2.24) is 0 Å². The molecule has 0 atom stereocenters. The summed E-state index contributed by atoms with van der Waals surface area (Å²) in [6.45, 7) is 5.25. The van der Waals surface area contributed by atoms with E-state index in [0.717, 1.165) is 36.2 Å². The SMILES string of the molecule is CCN(CC)c1ccc(NC(=O)COC(=O)c2cc(NS(=O)(=O)c3cccs3)ccc2O)cc1. The maximum Gasteiger partial charge on any atom is 0.342 e. The quantitative estimate of drug-likeness (QED) is 0.283. The summed E-state index contributed by atoms with van der Waals surface area (Å²) in [6, 6.07) is 13.9. The Kier molecular flexibility index (Phi) is 8.13. The molecular formula is C23H25N3O6S2. The van der Waals surface area contributed by atoms with Gasteiger partial charge in [0.2, 0.25) is 0 Å². The molecule has 0 saturated carbocycles. The fourth-order valence-electron chi connectivity index (χ4n) is 3.14. The summed E-state index contributed by atoms with van der Waals surface area (Å²) in [4.78, 5) is 26.8. The molecule has 11 heteroatoms. The van der Waals surface area contributed by atoms with Gasteiger partial charge >= 0.3 is 5.97 Å². The van der Waals surface area contributed by atoms with Crippen molar-refractivity contribution < 1.29 is 27.9 Å². The zero-order chi connectivity index (χ0) is 24.7. The van der Waals surface area contributed by atoms with Crippen LogP contribution in [0.4, 0.5) is 17.1 Å². The van der Waals surface area contributed by atoms with E-state index in [2.05, 4.69) is 28.8 Å². The van der Waals surface area contributed by atoms with Gasteiger partial charge in [0.1, 0.15) is 15.5 Å². The lowest BCUT2D eigenvalue weighted by atomic mass is 10.2. The van der Waals surface area contributed by atoms with Crippen LogP contribution in [0.3, 0.4) is 0 Å². The molecule has 1 heterocycles. The number of carbonyl (C=O) groups excluding carboxylic acids is 2. The first-order chi connectivity index (χ1) is 16.2. The first-order valence-electron chi connectivity index (χ1n) is 10.4. The number of rotatable bonds is 10. The highest BCUT2D eigenvalue weighted by atomic mass is 32.2. The fraction of sp³-hybridized carbons (Fsp3) is 0.217. The van der Waals surface area contributed by atoms with Crippen LogP contribution < -0.4 is 14.9 Å².